The lowest BCUT2D eigenvalue weighted by Crippen LogP contribution is -2.65. The Morgan fingerprint density at radius 1 is 1.05 bits per heavy atom. The highest BCUT2D eigenvalue weighted by Crippen LogP contribution is 2.65. The number of ether oxygens (including phenoxy) is 2. The first-order valence-electron chi connectivity index (χ1n) is 15.1. The molecule has 3 aliphatic carbocycles. The smallest absolute Gasteiger partial charge is 0.482 e. The normalized spacial score (nSPS) is 26.0. The summed E-state index contributed by atoms with van der Waals surface area (Å²) in [4.78, 5) is 38.9. The second-order valence-electron chi connectivity index (χ2n) is 13.8. The van der Waals surface area contributed by atoms with Gasteiger partial charge in [0.15, 0.2) is 0 Å². The number of methoxy groups -OCH3 is 1. The molecular formula is C33H43BN2O7. The number of hydrogen-bond donors (Lipinski definition) is 2. The van der Waals surface area contributed by atoms with Crippen LogP contribution in [0.3, 0.4) is 0 Å². The molecule has 4 aliphatic rings. The van der Waals surface area contributed by atoms with Gasteiger partial charge < -0.3 is 29.4 Å². The topological polar surface area (TPSA) is 112 Å². The molecule has 1 heterocycles. The fraction of sp³-hybridized carbons (Fsp3) is 0.545. The van der Waals surface area contributed by atoms with Gasteiger partial charge in [-0.15, -0.1) is 0 Å². The zero-order valence-corrected chi connectivity index (χ0v) is 26.2. The quantitative estimate of drug-likeness (QED) is 0.330. The molecule has 43 heavy (non-hydrogen) atoms. The second kappa shape index (κ2) is 11.6. The lowest BCUT2D eigenvalue weighted by Gasteiger charge is -2.64. The summed E-state index contributed by atoms with van der Waals surface area (Å²) in [5.41, 5.74) is 0.472. The molecule has 0 aromatic heterocycles. The third kappa shape index (κ3) is 6.18. The Hall–Kier alpha value is -3.37. The minimum Gasteiger partial charge on any atom is -0.496 e. The summed E-state index contributed by atoms with van der Waals surface area (Å²) < 4.78 is 24.6. The van der Waals surface area contributed by atoms with Crippen molar-refractivity contribution in [2.45, 2.75) is 84.1 Å². The third-order valence-corrected chi connectivity index (χ3v) is 9.45. The summed E-state index contributed by atoms with van der Waals surface area (Å²) in [6.45, 7) is 11.9. The number of benzene rings is 2. The molecule has 10 heteroatoms. The van der Waals surface area contributed by atoms with Crippen LogP contribution < -0.4 is 15.4 Å². The van der Waals surface area contributed by atoms with Gasteiger partial charge in [-0.2, -0.15) is 0 Å². The molecule has 1 saturated heterocycles. The number of nitrogens with one attached hydrogen (secondary N) is 2. The van der Waals surface area contributed by atoms with Gasteiger partial charge in [0.2, 0.25) is 5.91 Å². The molecule has 0 radical (unpaired) electrons. The molecule has 1 aliphatic heterocycles. The molecule has 2 N–H and O–H groups in total. The Morgan fingerprint density at radius 3 is 2.42 bits per heavy atom. The minimum atomic E-state index is -0.728. The minimum absolute atomic E-state index is 0.0820. The van der Waals surface area contributed by atoms with E-state index in [0.29, 0.717) is 34.3 Å². The third-order valence-electron chi connectivity index (χ3n) is 9.45. The fourth-order valence-corrected chi connectivity index (χ4v) is 7.11. The maximum Gasteiger partial charge on any atom is 0.482 e. The van der Waals surface area contributed by atoms with Gasteiger partial charge in [0, 0.05) is 5.56 Å². The lowest BCUT2D eigenvalue weighted by atomic mass is 9.43. The summed E-state index contributed by atoms with van der Waals surface area (Å²) in [5.74, 6) is -0.541. The van der Waals surface area contributed by atoms with Crippen LogP contribution in [-0.2, 0) is 25.3 Å². The standard InChI is InChI=1S/C33H43BN2O7/c1-31(2,3)41-30(39)23-15-11-14-21(28(23)40-7)16-26(36-27(37)19-35-29(38)20-12-9-8-10-13-20)34-42-25-18-22-17-24(32(22,4)5)33(25,6)43-34/h8-15,22,24-26H,16-19H2,1-7H3,(H,35,38)(H,36,37). The Balaban J connectivity index is 1.38. The van der Waals surface area contributed by atoms with Gasteiger partial charge in [0.25, 0.3) is 5.91 Å². The largest absolute Gasteiger partial charge is 0.496 e. The highest BCUT2D eigenvalue weighted by Gasteiger charge is 2.68. The molecule has 2 aromatic carbocycles. The van der Waals surface area contributed by atoms with Crippen LogP contribution in [0.25, 0.3) is 0 Å². The SMILES string of the molecule is COc1c(CC(NC(=O)CNC(=O)c2ccccc2)B2OC3CC4CC(C4(C)C)C3(C)O2)cccc1C(=O)OC(C)(C)C. The summed E-state index contributed by atoms with van der Waals surface area (Å²) in [7, 11) is 0.779. The molecule has 5 atom stereocenters. The average molecular weight is 591 g/mol. The van der Waals surface area contributed by atoms with Crippen LogP contribution in [0, 0.1) is 17.3 Å². The maximum absolute atomic E-state index is 13.3. The van der Waals surface area contributed by atoms with Crippen molar-refractivity contribution in [2.24, 2.45) is 17.3 Å². The Bertz CT molecular complexity index is 1380. The van der Waals surface area contributed by atoms with Crippen molar-refractivity contribution in [3.05, 3.63) is 65.2 Å². The number of amides is 2. The number of para-hydroxylation sites is 1. The van der Waals surface area contributed by atoms with Crippen molar-refractivity contribution in [1.29, 1.82) is 0 Å². The molecule has 5 unspecified atom stereocenters. The zero-order valence-electron chi connectivity index (χ0n) is 26.2. The molecule has 0 spiro atoms. The number of carbonyl (C=O) groups is 3. The molecule has 4 fully saturated rings. The summed E-state index contributed by atoms with van der Waals surface area (Å²) in [5, 5.41) is 5.74. The van der Waals surface area contributed by atoms with Crippen LogP contribution in [-0.4, -0.2) is 61.8 Å². The van der Waals surface area contributed by atoms with Gasteiger partial charge in [-0.1, -0.05) is 44.2 Å². The van der Waals surface area contributed by atoms with Gasteiger partial charge in [-0.05, 0) is 88.0 Å². The van der Waals surface area contributed by atoms with E-state index < -0.39 is 30.2 Å². The van der Waals surface area contributed by atoms with Crippen LogP contribution >= 0.6 is 0 Å². The summed E-state index contributed by atoms with van der Waals surface area (Å²) >= 11 is 0. The van der Waals surface area contributed by atoms with Gasteiger partial charge in [0.05, 0.1) is 31.3 Å². The molecule has 6 rings (SSSR count). The van der Waals surface area contributed by atoms with Crippen molar-refractivity contribution in [3.8, 4) is 5.75 Å². The van der Waals surface area contributed by atoms with Crippen molar-refractivity contribution >= 4 is 24.9 Å². The Kier molecular flexibility index (Phi) is 8.39. The van der Waals surface area contributed by atoms with Crippen molar-refractivity contribution < 1.29 is 33.2 Å². The first-order chi connectivity index (χ1) is 20.2. The highest BCUT2D eigenvalue weighted by atomic mass is 16.7. The van der Waals surface area contributed by atoms with E-state index in [1.54, 1.807) is 36.4 Å². The van der Waals surface area contributed by atoms with Crippen molar-refractivity contribution in [2.75, 3.05) is 13.7 Å². The lowest BCUT2D eigenvalue weighted by molar-refractivity contribution is -0.199. The molecule has 2 aromatic rings. The average Bonchev–Trinajstić information content (AvgIpc) is 3.32. The second-order valence-corrected chi connectivity index (χ2v) is 13.8. The molecule has 2 amide bonds. The molecule has 9 nitrogen and oxygen atoms in total. The first kappa shape index (κ1) is 31.1. The van der Waals surface area contributed by atoms with Crippen LogP contribution in [0.15, 0.2) is 48.5 Å². The van der Waals surface area contributed by atoms with Gasteiger partial charge in [-0.3, -0.25) is 9.59 Å². The fourth-order valence-electron chi connectivity index (χ4n) is 7.11. The highest BCUT2D eigenvalue weighted by molar-refractivity contribution is 6.48. The predicted octanol–water partition coefficient (Wildman–Crippen LogP) is 4.38. The van der Waals surface area contributed by atoms with E-state index in [2.05, 4.69) is 31.4 Å². The number of carbonyl (C=O) groups excluding carboxylic acids is 3. The molecular weight excluding hydrogens is 547 g/mol. The van der Waals surface area contributed by atoms with E-state index in [1.165, 1.54) is 7.11 Å². The van der Waals surface area contributed by atoms with Gasteiger partial charge in [-0.25, -0.2) is 4.79 Å². The van der Waals surface area contributed by atoms with E-state index in [4.69, 9.17) is 18.8 Å². The predicted molar refractivity (Wildman–Crippen MR) is 163 cm³/mol. The monoisotopic (exact) mass is 590 g/mol. The van der Waals surface area contributed by atoms with Crippen molar-refractivity contribution in [3.63, 3.8) is 0 Å². The van der Waals surface area contributed by atoms with E-state index in [-0.39, 0.29) is 36.3 Å². The number of rotatable bonds is 9. The van der Waals surface area contributed by atoms with E-state index in [0.717, 1.165) is 12.8 Å². The zero-order chi connectivity index (χ0) is 31.2. The summed E-state index contributed by atoms with van der Waals surface area (Å²) in [6.07, 6.45) is 2.19. The Morgan fingerprint density at radius 2 is 1.77 bits per heavy atom. The number of hydrogen-bond acceptors (Lipinski definition) is 7. The van der Waals surface area contributed by atoms with E-state index >= 15 is 0 Å². The van der Waals surface area contributed by atoms with Gasteiger partial charge in [0.1, 0.15) is 16.9 Å². The van der Waals surface area contributed by atoms with E-state index in [1.807, 2.05) is 32.9 Å². The first-order valence-corrected chi connectivity index (χ1v) is 15.1. The van der Waals surface area contributed by atoms with Crippen LogP contribution in [0.5, 0.6) is 5.75 Å². The van der Waals surface area contributed by atoms with Crippen molar-refractivity contribution in [1.82, 2.24) is 10.6 Å². The Labute approximate surface area is 254 Å². The maximum atomic E-state index is 13.3. The van der Waals surface area contributed by atoms with Gasteiger partial charge >= 0.3 is 13.1 Å². The summed E-state index contributed by atoms with van der Waals surface area (Å²) in [6, 6.07) is 14.0. The molecule has 3 saturated carbocycles. The number of esters is 1. The molecule has 2 bridgehead atoms. The van der Waals surface area contributed by atoms with Crippen LogP contribution in [0.4, 0.5) is 0 Å². The van der Waals surface area contributed by atoms with Crippen LogP contribution in [0.1, 0.15) is 80.7 Å². The van der Waals surface area contributed by atoms with Crippen LogP contribution in [0.2, 0.25) is 0 Å². The van der Waals surface area contributed by atoms with E-state index in [9.17, 15) is 14.4 Å². The molecule has 230 valence electrons.